The lowest BCUT2D eigenvalue weighted by molar-refractivity contribution is -0.141. The van der Waals surface area contributed by atoms with Crippen molar-refractivity contribution in [3.05, 3.63) is 35.1 Å². The quantitative estimate of drug-likeness (QED) is 0.833. The summed E-state index contributed by atoms with van der Waals surface area (Å²) >= 11 is 0. The lowest BCUT2D eigenvalue weighted by Gasteiger charge is -2.11. The molecule has 90 valence electrons. The number of ether oxygens (including phenoxy) is 1. The van der Waals surface area contributed by atoms with Crippen molar-refractivity contribution in [3.63, 3.8) is 0 Å². The molecule has 0 aliphatic heterocycles. The van der Waals surface area contributed by atoms with Crippen LogP contribution in [0.25, 0.3) is 0 Å². The number of hydrogen-bond acceptors (Lipinski definition) is 3. The number of carbonyl (C=O) groups excluding carboxylic acids is 1. The van der Waals surface area contributed by atoms with E-state index in [0.29, 0.717) is 11.1 Å². The largest absolute Gasteiger partial charge is 0.469 e. The summed E-state index contributed by atoms with van der Waals surface area (Å²) in [6.07, 6.45) is 0.0546. The predicted molar refractivity (Wildman–Crippen MR) is 61.9 cm³/mol. The van der Waals surface area contributed by atoms with E-state index in [4.69, 9.17) is 5.73 Å². The Morgan fingerprint density at radius 2 is 2.19 bits per heavy atom. The first-order valence-corrected chi connectivity index (χ1v) is 4.63. The maximum atomic E-state index is 13.2. The molecule has 16 heavy (non-hydrogen) atoms. The average molecular weight is 248 g/mol. The lowest BCUT2D eigenvalue weighted by atomic mass is 10.0. The zero-order valence-electron chi connectivity index (χ0n) is 9.20. The number of esters is 1. The summed E-state index contributed by atoms with van der Waals surface area (Å²) in [6, 6.07) is 4.18. The van der Waals surface area contributed by atoms with Crippen LogP contribution in [0.4, 0.5) is 4.39 Å². The van der Waals surface area contributed by atoms with Crippen LogP contribution >= 0.6 is 12.4 Å². The van der Waals surface area contributed by atoms with E-state index in [-0.39, 0.29) is 24.6 Å². The van der Waals surface area contributed by atoms with Gasteiger partial charge in [0.1, 0.15) is 5.82 Å². The van der Waals surface area contributed by atoms with E-state index in [2.05, 4.69) is 4.74 Å². The Kier molecular flexibility index (Phi) is 6.00. The molecule has 0 heterocycles. The smallest absolute Gasteiger partial charge is 0.307 e. The molecule has 0 unspecified atom stereocenters. The van der Waals surface area contributed by atoms with Gasteiger partial charge in [0.15, 0.2) is 0 Å². The van der Waals surface area contributed by atoms with Gasteiger partial charge in [-0.05, 0) is 24.1 Å². The number of rotatable bonds is 3. The van der Waals surface area contributed by atoms with Crippen molar-refractivity contribution in [2.45, 2.75) is 19.4 Å². The second kappa shape index (κ2) is 6.45. The van der Waals surface area contributed by atoms with Crippen LogP contribution in [0.2, 0.25) is 0 Å². The maximum absolute atomic E-state index is 13.2. The van der Waals surface area contributed by atoms with Crippen LogP contribution < -0.4 is 5.73 Å². The van der Waals surface area contributed by atoms with Crippen LogP contribution in [-0.4, -0.2) is 13.1 Å². The highest BCUT2D eigenvalue weighted by atomic mass is 35.5. The van der Waals surface area contributed by atoms with Gasteiger partial charge in [0, 0.05) is 6.04 Å². The molecule has 2 N–H and O–H groups in total. The number of nitrogens with two attached hydrogens (primary N) is 1. The van der Waals surface area contributed by atoms with Crippen LogP contribution in [-0.2, 0) is 9.53 Å². The normalized spacial score (nSPS) is 11.5. The van der Waals surface area contributed by atoms with Crippen molar-refractivity contribution < 1.29 is 13.9 Å². The van der Waals surface area contributed by atoms with Gasteiger partial charge in [0.25, 0.3) is 0 Å². The monoisotopic (exact) mass is 247 g/mol. The highest BCUT2D eigenvalue weighted by Crippen LogP contribution is 2.17. The maximum Gasteiger partial charge on any atom is 0.307 e. The van der Waals surface area contributed by atoms with Gasteiger partial charge < -0.3 is 10.5 Å². The molecule has 0 aliphatic carbocycles. The number of aryl methyl sites for hydroxylation is 1. The van der Waals surface area contributed by atoms with Gasteiger partial charge in [-0.25, -0.2) is 4.39 Å². The van der Waals surface area contributed by atoms with E-state index in [0.717, 1.165) is 0 Å². The molecule has 0 fully saturated rings. The van der Waals surface area contributed by atoms with E-state index in [9.17, 15) is 9.18 Å². The van der Waals surface area contributed by atoms with Gasteiger partial charge in [-0.3, -0.25) is 4.79 Å². The van der Waals surface area contributed by atoms with E-state index in [1.807, 2.05) is 0 Å². The Bertz CT molecular complexity index is 371. The molecule has 5 heteroatoms. The summed E-state index contributed by atoms with van der Waals surface area (Å²) in [7, 11) is 1.30. The van der Waals surface area contributed by atoms with Crippen LogP contribution in [0.5, 0.6) is 0 Å². The molecule has 0 radical (unpaired) electrons. The van der Waals surface area contributed by atoms with Gasteiger partial charge in [-0.1, -0.05) is 12.1 Å². The molecule has 0 saturated heterocycles. The minimum atomic E-state index is -0.521. The first-order valence-electron chi connectivity index (χ1n) is 4.63. The summed E-state index contributed by atoms with van der Waals surface area (Å²) in [4.78, 5) is 11.0. The second-order valence-corrected chi connectivity index (χ2v) is 3.40. The summed E-state index contributed by atoms with van der Waals surface area (Å²) in [6.45, 7) is 1.67. The van der Waals surface area contributed by atoms with Gasteiger partial charge >= 0.3 is 5.97 Å². The second-order valence-electron chi connectivity index (χ2n) is 3.40. The minimum absolute atomic E-state index is 0. The fourth-order valence-electron chi connectivity index (χ4n) is 1.22. The molecular formula is C11H15ClFNO2. The molecule has 1 rings (SSSR count). The van der Waals surface area contributed by atoms with Crippen molar-refractivity contribution >= 4 is 18.4 Å². The molecule has 0 saturated carbocycles. The van der Waals surface area contributed by atoms with Crippen LogP contribution in [0.3, 0.4) is 0 Å². The zero-order valence-corrected chi connectivity index (χ0v) is 10.0. The Morgan fingerprint density at radius 3 is 2.69 bits per heavy atom. The standard InChI is InChI=1S/C11H14FNO2.ClH/c1-7-3-4-8(5-9(7)12)10(13)6-11(14)15-2;/h3-5,10H,6,13H2,1-2H3;1H/t10-;/m1./s1. The number of hydrogen-bond donors (Lipinski definition) is 1. The highest BCUT2D eigenvalue weighted by Gasteiger charge is 2.12. The third kappa shape index (κ3) is 3.79. The zero-order chi connectivity index (χ0) is 11.4. The van der Waals surface area contributed by atoms with Crippen LogP contribution in [0, 0.1) is 12.7 Å². The molecule has 1 aromatic carbocycles. The van der Waals surface area contributed by atoms with E-state index in [1.54, 1.807) is 19.1 Å². The first-order chi connectivity index (χ1) is 7.04. The Balaban J connectivity index is 0.00000225. The molecule has 0 spiro atoms. The van der Waals surface area contributed by atoms with Crippen molar-refractivity contribution in [2.75, 3.05) is 7.11 Å². The minimum Gasteiger partial charge on any atom is -0.469 e. The van der Waals surface area contributed by atoms with Crippen LogP contribution in [0.15, 0.2) is 18.2 Å². The Hall–Kier alpha value is -1.13. The van der Waals surface area contributed by atoms with E-state index < -0.39 is 12.0 Å². The third-order valence-electron chi connectivity index (χ3n) is 2.24. The van der Waals surface area contributed by atoms with Crippen molar-refractivity contribution in [1.82, 2.24) is 0 Å². The van der Waals surface area contributed by atoms with Gasteiger partial charge in [-0.15, -0.1) is 12.4 Å². The lowest BCUT2D eigenvalue weighted by Crippen LogP contribution is -2.16. The molecule has 0 aliphatic rings. The summed E-state index contributed by atoms with van der Waals surface area (Å²) < 4.78 is 17.7. The van der Waals surface area contributed by atoms with Crippen LogP contribution in [0.1, 0.15) is 23.6 Å². The van der Waals surface area contributed by atoms with Crippen molar-refractivity contribution in [2.24, 2.45) is 5.73 Å². The fourth-order valence-corrected chi connectivity index (χ4v) is 1.22. The summed E-state index contributed by atoms with van der Waals surface area (Å²) in [5.74, 6) is -0.712. The van der Waals surface area contributed by atoms with Gasteiger partial charge in [0.2, 0.25) is 0 Å². The first kappa shape index (κ1) is 14.9. The predicted octanol–water partition coefficient (Wildman–Crippen LogP) is 2.12. The summed E-state index contributed by atoms with van der Waals surface area (Å²) in [5, 5.41) is 0. The van der Waals surface area contributed by atoms with Crippen molar-refractivity contribution in [3.8, 4) is 0 Å². The number of benzene rings is 1. The Morgan fingerprint density at radius 1 is 1.56 bits per heavy atom. The van der Waals surface area contributed by atoms with Gasteiger partial charge in [-0.2, -0.15) is 0 Å². The molecule has 3 nitrogen and oxygen atoms in total. The molecule has 0 aromatic heterocycles. The Labute approximate surface area is 100 Å². The SMILES string of the molecule is COC(=O)C[C@@H](N)c1ccc(C)c(F)c1.Cl. The molecule has 1 atom stereocenters. The number of halogens is 2. The molecule has 1 aromatic rings. The number of methoxy groups -OCH3 is 1. The number of carbonyl (C=O) groups is 1. The molecular weight excluding hydrogens is 233 g/mol. The summed E-state index contributed by atoms with van der Waals surface area (Å²) in [5.41, 5.74) is 6.88. The van der Waals surface area contributed by atoms with Gasteiger partial charge in [0.05, 0.1) is 13.5 Å². The van der Waals surface area contributed by atoms with Crippen molar-refractivity contribution in [1.29, 1.82) is 0 Å². The molecule has 0 bridgehead atoms. The topological polar surface area (TPSA) is 52.3 Å². The molecule has 0 amide bonds. The fraction of sp³-hybridized carbons (Fsp3) is 0.364. The highest BCUT2D eigenvalue weighted by molar-refractivity contribution is 5.85. The average Bonchev–Trinajstić information content (AvgIpc) is 2.21. The van der Waals surface area contributed by atoms with E-state index in [1.165, 1.54) is 13.2 Å². The third-order valence-corrected chi connectivity index (χ3v) is 2.24. The van der Waals surface area contributed by atoms with E-state index >= 15 is 0 Å².